The Morgan fingerprint density at radius 3 is 1.57 bits per heavy atom. The second-order valence-electron chi connectivity index (χ2n) is 2.33. The molecule has 0 aromatic carbocycles. The van der Waals surface area contributed by atoms with Gasteiger partial charge >= 0.3 is 5.97 Å². The van der Waals surface area contributed by atoms with Gasteiger partial charge in [-0.05, 0) is 27.7 Å². The van der Waals surface area contributed by atoms with Crippen molar-refractivity contribution in [3.05, 3.63) is 0 Å². The average Bonchev–Trinajstić information content (AvgIpc) is 1.86. The van der Waals surface area contributed by atoms with Crippen molar-refractivity contribution in [1.82, 2.24) is 0 Å². The van der Waals surface area contributed by atoms with Gasteiger partial charge in [-0.15, -0.1) is 0 Å². The van der Waals surface area contributed by atoms with Gasteiger partial charge < -0.3 is 20.4 Å². The average molecular weight is 212 g/mol. The summed E-state index contributed by atoms with van der Waals surface area (Å²) < 4.78 is 4.40. The van der Waals surface area contributed by atoms with E-state index in [0.29, 0.717) is 6.61 Å². The monoisotopic (exact) mass is 212 g/mol. The van der Waals surface area contributed by atoms with E-state index in [-0.39, 0.29) is 24.2 Å². The van der Waals surface area contributed by atoms with Crippen molar-refractivity contribution in [2.45, 2.75) is 40.7 Å². The number of ether oxygens (including phenoxy) is 1. The van der Waals surface area contributed by atoms with Crippen molar-refractivity contribution in [2.75, 3.05) is 13.2 Å². The molecule has 0 rings (SSSR count). The van der Waals surface area contributed by atoms with Crippen molar-refractivity contribution in [2.24, 2.45) is 0 Å². The molecule has 0 amide bonds. The van der Waals surface area contributed by atoms with Crippen molar-refractivity contribution in [3.63, 3.8) is 0 Å². The lowest BCUT2D eigenvalue weighted by Gasteiger charge is -1.89. The Labute approximate surface area is 86.0 Å². The Kier molecular flexibility index (Phi) is 38.0. The summed E-state index contributed by atoms with van der Waals surface area (Å²) in [5.74, 6) is -0.211. The van der Waals surface area contributed by atoms with E-state index < -0.39 is 0 Å². The van der Waals surface area contributed by atoms with Gasteiger partial charge in [0, 0.05) is 19.6 Å². The molecule has 0 heterocycles. The number of aliphatic hydroxyl groups excluding tert-OH is 2. The van der Waals surface area contributed by atoms with Crippen molar-refractivity contribution in [1.29, 1.82) is 0 Å². The molecule has 0 aromatic heterocycles. The Morgan fingerprint density at radius 2 is 1.57 bits per heavy atom. The second kappa shape index (κ2) is 22.8. The maximum absolute atomic E-state index is 9.82. The van der Waals surface area contributed by atoms with Crippen LogP contribution in [0.25, 0.3) is 0 Å². The van der Waals surface area contributed by atoms with Gasteiger partial charge in [-0.3, -0.25) is 4.79 Å². The molecule has 90 valence electrons. The molecule has 0 bridgehead atoms. The molecule has 0 atom stereocenters. The first-order chi connectivity index (χ1) is 5.92. The first kappa shape index (κ1) is 23.3. The molecule has 0 aliphatic carbocycles. The van der Waals surface area contributed by atoms with Gasteiger partial charge in [-0.1, -0.05) is 0 Å². The van der Waals surface area contributed by atoms with E-state index in [2.05, 4.69) is 4.74 Å². The van der Waals surface area contributed by atoms with Crippen LogP contribution >= 0.6 is 0 Å². The van der Waals surface area contributed by atoms with E-state index in [1.54, 1.807) is 27.7 Å². The molecular weight excluding hydrogens is 188 g/mol. The maximum atomic E-state index is 9.82. The third-order valence-corrected chi connectivity index (χ3v) is 0.348. The molecule has 0 saturated carbocycles. The lowest BCUT2D eigenvalue weighted by Crippen LogP contribution is -1.95. The highest BCUT2D eigenvalue weighted by Crippen LogP contribution is 1.69. The Balaban J connectivity index is -0.0000000553. The van der Waals surface area contributed by atoms with Crippen LogP contribution in [-0.4, -0.2) is 41.0 Å². The second-order valence-corrected chi connectivity index (χ2v) is 2.33. The fraction of sp³-hybridized carbons (Fsp3) is 0.889. The highest BCUT2D eigenvalue weighted by molar-refractivity contribution is 5.65. The van der Waals surface area contributed by atoms with E-state index >= 15 is 0 Å². The zero-order valence-electron chi connectivity index (χ0n) is 9.70. The third-order valence-electron chi connectivity index (χ3n) is 0.348. The van der Waals surface area contributed by atoms with Crippen molar-refractivity contribution >= 4 is 5.97 Å². The van der Waals surface area contributed by atoms with Gasteiger partial charge in [0.15, 0.2) is 0 Å². The normalized spacial score (nSPS) is 7.14. The van der Waals surface area contributed by atoms with Crippen molar-refractivity contribution < 1.29 is 25.2 Å². The summed E-state index contributed by atoms with van der Waals surface area (Å²) >= 11 is 0. The topological polar surface area (TPSA) is 98.3 Å². The maximum Gasteiger partial charge on any atom is 0.302 e. The SMILES string of the molecule is CC(C)O.CCO.CCOC(C)=O.O. The number of hydrogen-bond acceptors (Lipinski definition) is 4. The molecule has 0 aliphatic rings. The first-order valence-corrected chi connectivity index (χ1v) is 4.34. The van der Waals surface area contributed by atoms with Crippen LogP contribution in [0.5, 0.6) is 0 Å². The van der Waals surface area contributed by atoms with E-state index in [4.69, 9.17) is 10.2 Å². The van der Waals surface area contributed by atoms with Crippen LogP contribution in [0.4, 0.5) is 0 Å². The third kappa shape index (κ3) is 220. The van der Waals surface area contributed by atoms with Crippen LogP contribution in [-0.2, 0) is 9.53 Å². The van der Waals surface area contributed by atoms with Gasteiger partial charge in [0.2, 0.25) is 0 Å². The van der Waals surface area contributed by atoms with Crippen LogP contribution < -0.4 is 0 Å². The van der Waals surface area contributed by atoms with Crippen LogP contribution in [0.1, 0.15) is 34.6 Å². The van der Waals surface area contributed by atoms with Crippen LogP contribution in [0, 0.1) is 0 Å². The molecule has 0 unspecified atom stereocenters. The molecule has 0 saturated heterocycles. The number of carbonyl (C=O) groups excluding carboxylic acids is 1. The van der Waals surface area contributed by atoms with Crippen LogP contribution in [0.3, 0.4) is 0 Å². The van der Waals surface area contributed by atoms with E-state index in [0.717, 1.165) is 0 Å². The Hall–Kier alpha value is -0.650. The van der Waals surface area contributed by atoms with Crippen LogP contribution in [0.15, 0.2) is 0 Å². The zero-order valence-corrected chi connectivity index (χ0v) is 9.70. The van der Waals surface area contributed by atoms with Crippen LogP contribution in [0.2, 0.25) is 0 Å². The quantitative estimate of drug-likeness (QED) is 0.603. The number of esters is 1. The zero-order chi connectivity index (χ0) is 11.3. The molecule has 0 aliphatic heterocycles. The highest BCUT2D eigenvalue weighted by atomic mass is 16.5. The summed E-state index contributed by atoms with van der Waals surface area (Å²) in [6.45, 7) is 9.03. The smallest absolute Gasteiger partial charge is 0.302 e. The molecule has 4 N–H and O–H groups in total. The number of hydrogen-bond donors (Lipinski definition) is 2. The van der Waals surface area contributed by atoms with Gasteiger partial charge in [0.1, 0.15) is 0 Å². The molecule has 0 radical (unpaired) electrons. The van der Waals surface area contributed by atoms with E-state index in [9.17, 15) is 4.79 Å². The number of aliphatic hydroxyl groups is 2. The minimum absolute atomic E-state index is 0. The van der Waals surface area contributed by atoms with Crippen molar-refractivity contribution in [3.8, 4) is 0 Å². The first-order valence-electron chi connectivity index (χ1n) is 4.34. The fourth-order valence-corrected chi connectivity index (χ4v) is 0.203. The largest absolute Gasteiger partial charge is 0.466 e. The lowest BCUT2D eigenvalue weighted by atomic mass is 10.5. The summed E-state index contributed by atoms with van der Waals surface area (Å²) in [7, 11) is 0. The molecular formula is C9H24O5. The fourth-order valence-electron chi connectivity index (χ4n) is 0.203. The summed E-state index contributed by atoms with van der Waals surface area (Å²) in [6.07, 6.45) is -0.167. The molecule has 0 aromatic rings. The van der Waals surface area contributed by atoms with E-state index in [1.807, 2.05) is 0 Å². The van der Waals surface area contributed by atoms with E-state index in [1.165, 1.54) is 6.92 Å². The number of carbonyl (C=O) groups is 1. The summed E-state index contributed by atoms with van der Waals surface area (Å²) in [4.78, 5) is 9.82. The molecule has 0 fully saturated rings. The summed E-state index contributed by atoms with van der Waals surface area (Å²) in [6, 6.07) is 0. The molecule has 5 nitrogen and oxygen atoms in total. The standard InChI is InChI=1S/C4H8O2.C3H8O.C2H6O.H2O/c1-3-6-4(2)5;1-3(2)4;1-2-3;/h3H2,1-2H3;3-4H,1-2H3;3H,2H2,1H3;1H2. The predicted molar refractivity (Wildman–Crippen MR) is 56.0 cm³/mol. The van der Waals surface area contributed by atoms with Gasteiger partial charge in [-0.25, -0.2) is 0 Å². The van der Waals surface area contributed by atoms with Gasteiger partial charge in [0.25, 0.3) is 0 Å². The molecule has 0 spiro atoms. The minimum Gasteiger partial charge on any atom is -0.466 e. The lowest BCUT2D eigenvalue weighted by molar-refractivity contribution is -0.140. The molecule has 5 heteroatoms. The molecule has 14 heavy (non-hydrogen) atoms. The summed E-state index contributed by atoms with van der Waals surface area (Å²) in [5, 5.41) is 15.6. The van der Waals surface area contributed by atoms with Gasteiger partial charge in [0.05, 0.1) is 6.61 Å². The number of rotatable bonds is 1. The minimum atomic E-state index is -0.211. The Morgan fingerprint density at radius 1 is 1.36 bits per heavy atom. The predicted octanol–water partition coefficient (Wildman–Crippen LogP) is 0.130. The van der Waals surface area contributed by atoms with Gasteiger partial charge in [-0.2, -0.15) is 0 Å². The highest BCUT2D eigenvalue weighted by Gasteiger charge is 1.81. The summed E-state index contributed by atoms with van der Waals surface area (Å²) in [5.41, 5.74) is 0. The Bertz CT molecular complexity index is 90.4.